The van der Waals surface area contributed by atoms with Crippen LogP contribution in [0, 0.1) is 0 Å². The summed E-state index contributed by atoms with van der Waals surface area (Å²) in [5.41, 5.74) is 0. The van der Waals surface area contributed by atoms with E-state index in [-0.39, 0.29) is 0 Å². The standard InChI is InChI=1S/C17H36OSi/c1-19(2,3)17-15-13-11-9-7-5-4-6-8-10-12-14-16-18/h16H,4-15,17H2,1-3H3. The maximum atomic E-state index is 10.1. The molecule has 0 fully saturated rings. The lowest BCUT2D eigenvalue weighted by atomic mass is 10.1. The summed E-state index contributed by atoms with van der Waals surface area (Å²) in [6, 6.07) is 1.51. The summed E-state index contributed by atoms with van der Waals surface area (Å²) < 4.78 is 0. The van der Waals surface area contributed by atoms with Crippen molar-refractivity contribution in [3.8, 4) is 0 Å². The van der Waals surface area contributed by atoms with Crippen molar-refractivity contribution >= 4 is 14.4 Å². The lowest BCUT2D eigenvalue weighted by Gasteiger charge is -2.14. The predicted molar refractivity (Wildman–Crippen MR) is 89.6 cm³/mol. The summed E-state index contributed by atoms with van der Waals surface area (Å²) in [6.45, 7) is 7.42. The highest BCUT2D eigenvalue weighted by Gasteiger charge is 2.11. The molecule has 0 heterocycles. The first-order chi connectivity index (χ1) is 9.06. The second-order valence-electron chi connectivity index (χ2n) is 7.16. The normalized spacial score (nSPS) is 11.7. The zero-order valence-electron chi connectivity index (χ0n) is 13.7. The number of unbranched alkanes of at least 4 members (excludes halogenated alkanes) is 11. The van der Waals surface area contributed by atoms with E-state index in [0.717, 1.165) is 19.1 Å². The lowest BCUT2D eigenvalue weighted by molar-refractivity contribution is -0.107. The van der Waals surface area contributed by atoms with E-state index in [1.165, 1.54) is 70.3 Å². The maximum absolute atomic E-state index is 10.1. The fourth-order valence-corrected chi connectivity index (χ4v) is 3.78. The molecule has 19 heavy (non-hydrogen) atoms. The Kier molecular flexibility index (Phi) is 12.8. The minimum atomic E-state index is -0.779. The van der Waals surface area contributed by atoms with Gasteiger partial charge in [0.1, 0.15) is 6.29 Å². The van der Waals surface area contributed by atoms with Crippen molar-refractivity contribution < 1.29 is 4.79 Å². The molecular formula is C17H36OSi. The molecule has 0 atom stereocenters. The Bertz CT molecular complexity index is 196. The van der Waals surface area contributed by atoms with E-state index in [0.29, 0.717) is 0 Å². The highest BCUT2D eigenvalue weighted by Crippen LogP contribution is 2.16. The van der Waals surface area contributed by atoms with Gasteiger partial charge in [-0.2, -0.15) is 0 Å². The van der Waals surface area contributed by atoms with Gasteiger partial charge in [-0.15, -0.1) is 0 Å². The van der Waals surface area contributed by atoms with Crippen LogP contribution in [-0.2, 0) is 4.79 Å². The van der Waals surface area contributed by atoms with Crippen LogP contribution < -0.4 is 0 Å². The largest absolute Gasteiger partial charge is 0.303 e. The molecule has 1 nitrogen and oxygen atoms in total. The van der Waals surface area contributed by atoms with Gasteiger partial charge in [-0.1, -0.05) is 89.9 Å². The first-order valence-corrected chi connectivity index (χ1v) is 12.2. The second kappa shape index (κ2) is 12.9. The van der Waals surface area contributed by atoms with Gasteiger partial charge in [0, 0.05) is 14.5 Å². The average molecular weight is 285 g/mol. The minimum Gasteiger partial charge on any atom is -0.303 e. The van der Waals surface area contributed by atoms with Crippen molar-refractivity contribution in [3.63, 3.8) is 0 Å². The van der Waals surface area contributed by atoms with Crippen LogP contribution in [0.1, 0.15) is 77.0 Å². The summed E-state index contributed by atoms with van der Waals surface area (Å²) in [5.74, 6) is 0. The number of rotatable bonds is 14. The van der Waals surface area contributed by atoms with Crippen LogP contribution in [0.15, 0.2) is 0 Å². The fraction of sp³-hybridized carbons (Fsp3) is 0.941. The molecule has 0 unspecified atom stereocenters. The Hall–Kier alpha value is -0.113. The van der Waals surface area contributed by atoms with E-state index in [2.05, 4.69) is 19.6 Å². The van der Waals surface area contributed by atoms with Crippen molar-refractivity contribution in [2.45, 2.75) is 103 Å². The van der Waals surface area contributed by atoms with E-state index in [4.69, 9.17) is 0 Å². The van der Waals surface area contributed by atoms with Crippen molar-refractivity contribution in [1.29, 1.82) is 0 Å². The number of aldehydes is 1. The third-order valence-corrected chi connectivity index (χ3v) is 5.60. The number of hydrogen-bond donors (Lipinski definition) is 0. The van der Waals surface area contributed by atoms with Crippen molar-refractivity contribution in [2.24, 2.45) is 0 Å². The number of carbonyl (C=O) groups is 1. The van der Waals surface area contributed by atoms with Crippen LogP contribution in [0.2, 0.25) is 25.7 Å². The molecule has 0 aliphatic heterocycles. The van der Waals surface area contributed by atoms with Gasteiger partial charge < -0.3 is 4.79 Å². The Morgan fingerprint density at radius 2 is 1.00 bits per heavy atom. The Labute approximate surface area is 122 Å². The summed E-state index contributed by atoms with van der Waals surface area (Å²) in [6.07, 6.45) is 16.9. The number of hydrogen-bond acceptors (Lipinski definition) is 1. The van der Waals surface area contributed by atoms with Gasteiger partial charge in [-0.3, -0.25) is 0 Å². The van der Waals surface area contributed by atoms with Gasteiger partial charge >= 0.3 is 0 Å². The Morgan fingerprint density at radius 3 is 1.37 bits per heavy atom. The van der Waals surface area contributed by atoms with Crippen LogP contribution in [0.4, 0.5) is 0 Å². The minimum absolute atomic E-state index is 0.761. The topological polar surface area (TPSA) is 17.1 Å². The van der Waals surface area contributed by atoms with E-state index >= 15 is 0 Å². The monoisotopic (exact) mass is 284 g/mol. The van der Waals surface area contributed by atoms with Crippen LogP contribution in [-0.4, -0.2) is 14.4 Å². The molecule has 0 rings (SSSR count). The van der Waals surface area contributed by atoms with Gasteiger partial charge in [0.25, 0.3) is 0 Å². The zero-order chi connectivity index (χ0) is 14.4. The van der Waals surface area contributed by atoms with Gasteiger partial charge in [-0.25, -0.2) is 0 Å². The van der Waals surface area contributed by atoms with Crippen molar-refractivity contribution in [2.75, 3.05) is 0 Å². The SMILES string of the molecule is C[Si](C)(C)CCCCCCCCCCCCCC=O. The van der Waals surface area contributed by atoms with Crippen LogP contribution in [0.3, 0.4) is 0 Å². The first kappa shape index (κ1) is 18.9. The van der Waals surface area contributed by atoms with Gasteiger partial charge in [-0.05, 0) is 6.42 Å². The van der Waals surface area contributed by atoms with Crippen LogP contribution in [0.5, 0.6) is 0 Å². The highest BCUT2D eigenvalue weighted by atomic mass is 28.3. The average Bonchev–Trinajstić information content (AvgIpc) is 2.34. The summed E-state index contributed by atoms with van der Waals surface area (Å²) in [5, 5.41) is 0. The summed E-state index contributed by atoms with van der Waals surface area (Å²) in [4.78, 5) is 10.1. The molecule has 0 aromatic carbocycles. The molecule has 0 saturated heterocycles. The molecule has 0 aromatic heterocycles. The molecule has 2 heteroatoms. The van der Waals surface area contributed by atoms with Crippen molar-refractivity contribution in [3.05, 3.63) is 0 Å². The Balaban J connectivity index is 3.01. The Morgan fingerprint density at radius 1 is 0.632 bits per heavy atom. The molecule has 0 spiro atoms. The molecule has 0 N–H and O–H groups in total. The number of carbonyl (C=O) groups excluding carboxylic acids is 1. The van der Waals surface area contributed by atoms with E-state index < -0.39 is 8.07 Å². The molecule has 0 amide bonds. The molecule has 0 saturated carbocycles. The van der Waals surface area contributed by atoms with E-state index in [9.17, 15) is 4.79 Å². The molecule has 114 valence electrons. The highest BCUT2D eigenvalue weighted by molar-refractivity contribution is 6.76. The second-order valence-corrected chi connectivity index (χ2v) is 12.8. The molecule has 0 aromatic rings. The predicted octanol–water partition coefficient (Wildman–Crippen LogP) is 6.20. The fourth-order valence-electron chi connectivity index (χ4n) is 2.47. The first-order valence-electron chi connectivity index (χ1n) is 8.50. The van der Waals surface area contributed by atoms with Crippen LogP contribution in [0.25, 0.3) is 0 Å². The van der Waals surface area contributed by atoms with Gasteiger partial charge in [0.2, 0.25) is 0 Å². The molecular weight excluding hydrogens is 248 g/mol. The van der Waals surface area contributed by atoms with Crippen LogP contribution >= 0.6 is 0 Å². The third kappa shape index (κ3) is 17.9. The quantitative estimate of drug-likeness (QED) is 0.211. The summed E-state index contributed by atoms with van der Waals surface area (Å²) in [7, 11) is -0.779. The maximum Gasteiger partial charge on any atom is 0.119 e. The summed E-state index contributed by atoms with van der Waals surface area (Å²) >= 11 is 0. The van der Waals surface area contributed by atoms with E-state index in [1.54, 1.807) is 0 Å². The molecule has 0 radical (unpaired) electrons. The van der Waals surface area contributed by atoms with Gasteiger partial charge in [0.05, 0.1) is 0 Å². The zero-order valence-corrected chi connectivity index (χ0v) is 14.7. The third-order valence-electron chi connectivity index (χ3n) is 3.75. The van der Waals surface area contributed by atoms with Crippen molar-refractivity contribution in [1.82, 2.24) is 0 Å². The molecule has 0 aliphatic carbocycles. The molecule has 0 bridgehead atoms. The lowest BCUT2D eigenvalue weighted by Crippen LogP contribution is -2.18. The van der Waals surface area contributed by atoms with E-state index in [1.807, 2.05) is 0 Å². The molecule has 0 aliphatic rings. The smallest absolute Gasteiger partial charge is 0.119 e. The van der Waals surface area contributed by atoms with Gasteiger partial charge in [0.15, 0.2) is 0 Å².